The van der Waals surface area contributed by atoms with E-state index in [1.54, 1.807) is 0 Å². The molecular weight excluding hydrogens is 279 g/mol. The van der Waals surface area contributed by atoms with Gasteiger partial charge < -0.3 is 5.73 Å². The van der Waals surface area contributed by atoms with Gasteiger partial charge in [-0.25, -0.2) is 0 Å². The van der Waals surface area contributed by atoms with E-state index in [1.807, 2.05) is 18.2 Å². The summed E-state index contributed by atoms with van der Waals surface area (Å²) >= 11 is 12.1. The van der Waals surface area contributed by atoms with Gasteiger partial charge in [0, 0.05) is 19.1 Å². The van der Waals surface area contributed by atoms with Gasteiger partial charge in [0.25, 0.3) is 0 Å². The highest BCUT2D eigenvalue weighted by Gasteiger charge is 2.28. The first-order valence-electron chi connectivity index (χ1n) is 7.04. The van der Waals surface area contributed by atoms with Crippen molar-refractivity contribution in [2.45, 2.75) is 32.2 Å². The average Bonchev–Trinajstić information content (AvgIpc) is 3.19. The Bertz CT molecular complexity index is 419. The molecule has 1 fully saturated rings. The lowest BCUT2D eigenvalue weighted by Gasteiger charge is -2.31. The molecule has 19 heavy (non-hydrogen) atoms. The van der Waals surface area contributed by atoms with Crippen LogP contribution in [0.5, 0.6) is 0 Å². The van der Waals surface area contributed by atoms with Crippen molar-refractivity contribution in [3.8, 4) is 0 Å². The van der Waals surface area contributed by atoms with Crippen molar-refractivity contribution in [3.63, 3.8) is 0 Å². The van der Waals surface area contributed by atoms with E-state index in [2.05, 4.69) is 11.8 Å². The normalized spacial score (nSPS) is 16.9. The van der Waals surface area contributed by atoms with E-state index in [0.717, 1.165) is 25.4 Å². The molecule has 0 amide bonds. The number of hydrogen-bond donors (Lipinski definition) is 1. The van der Waals surface area contributed by atoms with Crippen molar-refractivity contribution < 1.29 is 0 Å². The Hall–Kier alpha value is -0.280. The molecule has 4 heteroatoms. The summed E-state index contributed by atoms with van der Waals surface area (Å²) in [6, 6.07) is 6.11. The van der Waals surface area contributed by atoms with Crippen molar-refractivity contribution in [2.75, 3.05) is 19.6 Å². The summed E-state index contributed by atoms with van der Waals surface area (Å²) in [6.45, 7) is 5.06. The molecule has 2 nitrogen and oxygen atoms in total. The number of nitrogens with two attached hydrogens (primary N) is 1. The van der Waals surface area contributed by atoms with Crippen molar-refractivity contribution in [2.24, 2.45) is 11.7 Å². The lowest BCUT2D eigenvalue weighted by Crippen LogP contribution is -2.36. The summed E-state index contributed by atoms with van der Waals surface area (Å²) in [4.78, 5) is 2.50. The van der Waals surface area contributed by atoms with E-state index >= 15 is 0 Å². The Labute approximate surface area is 125 Å². The third-order valence-electron chi connectivity index (χ3n) is 3.69. The van der Waals surface area contributed by atoms with Crippen LogP contribution in [0.1, 0.15) is 37.8 Å². The van der Waals surface area contributed by atoms with Crippen LogP contribution in [0.15, 0.2) is 18.2 Å². The van der Waals surface area contributed by atoms with Crippen LogP contribution < -0.4 is 5.73 Å². The number of rotatable bonds is 7. The van der Waals surface area contributed by atoms with E-state index in [1.165, 1.54) is 18.4 Å². The zero-order valence-electron chi connectivity index (χ0n) is 11.4. The van der Waals surface area contributed by atoms with E-state index in [-0.39, 0.29) is 6.04 Å². The van der Waals surface area contributed by atoms with E-state index < -0.39 is 0 Å². The standard InChI is InChI=1S/C15H22Cl2N2/c1-2-7-19(10-11-3-4-11)15(9-18)12-5-6-13(16)14(17)8-12/h5-6,8,11,15H,2-4,7,9-10,18H2,1H3. The molecular formula is C15H22Cl2N2. The number of hydrogen-bond acceptors (Lipinski definition) is 2. The molecule has 0 radical (unpaired) electrons. The lowest BCUT2D eigenvalue weighted by atomic mass is 10.0. The van der Waals surface area contributed by atoms with E-state index in [9.17, 15) is 0 Å². The lowest BCUT2D eigenvalue weighted by molar-refractivity contribution is 0.193. The molecule has 1 unspecified atom stereocenters. The van der Waals surface area contributed by atoms with Crippen LogP contribution in [0.4, 0.5) is 0 Å². The molecule has 0 heterocycles. The van der Waals surface area contributed by atoms with Crippen molar-refractivity contribution >= 4 is 23.2 Å². The first-order chi connectivity index (χ1) is 9.15. The molecule has 0 aliphatic heterocycles. The molecule has 1 saturated carbocycles. The summed E-state index contributed by atoms with van der Waals surface area (Å²) in [6.07, 6.45) is 3.86. The second-order valence-corrected chi connectivity index (χ2v) is 6.18. The van der Waals surface area contributed by atoms with Gasteiger partial charge in [-0.3, -0.25) is 4.90 Å². The fourth-order valence-corrected chi connectivity index (χ4v) is 2.82. The van der Waals surface area contributed by atoms with Crippen LogP contribution in [0.25, 0.3) is 0 Å². The van der Waals surface area contributed by atoms with Gasteiger partial charge in [-0.05, 0) is 49.4 Å². The first-order valence-corrected chi connectivity index (χ1v) is 7.80. The Morgan fingerprint density at radius 3 is 2.58 bits per heavy atom. The second kappa shape index (κ2) is 6.94. The summed E-state index contributed by atoms with van der Waals surface area (Å²) in [7, 11) is 0. The van der Waals surface area contributed by atoms with Crippen molar-refractivity contribution in [3.05, 3.63) is 33.8 Å². The van der Waals surface area contributed by atoms with E-state index in [0.29, 0.717) is 16.6 Å². The molecule has 1 aliphatic carbocycles. The Morgan fingerprint density at radius 1 is 1.32 bits per heavy atom. The van der Waals surface area contributed by atoms with Crippen LogP contribution >= 0.6 is 23.2 Å². The van der Waals surface area contributed by atoms with Gasteiger partial charge in [-0.2, -0.15) is 0 Å². The molecule has 0 aromatic heterocycles. The monoisotopic (exact) mass is 300 g/mol. The maximum Gasteiger partial charge on any atom is 0.0595 e. The minimum Gasteiger partial charge on any atom is -0.329 e. The predicted molar refractivity (Wildman–Crippen MR) is 82.8 cm³/mol. The quantitative estimate of drug-likeness (QED) is 0.821. The molecule has 2 rings (SSSR count). The summed E-state index contributed by atoms with van der Waals surface area (Å²) in [5.74, 6) is 0.864. The largest absolute Gasteiger partial charge is 0.329 e. The molecule has 1 aromatic rings. The molecule has 0 bridgehead atoms. The molecule has 0 saturated heterocycles. The van der Waals surface area contributed by atoms with Crippen molar-refractivity contribution in [1.29, 1.82) is 0 Å². The minimum absolute atomic E-state index is 0.246. The predicted octanol–water partition coefficient (Wildman–Crippen LogP) is 4.12. The zero-order valence-corrected chi connectivity index (χ0v) is 12.9. The molecule has 1 aliphatic rings. The van der Waals surface area contributed by atoms with Crippen molar-refractivity contribution in [1.82, 2.24) is 4.90 Å². The highest BCUT2D eigenvalue weighted by atomic mass is 35.5. The number of halogens is 2. The van der Waals surface area contributed by atoms with Gasteiger partial charge in [0.1, 0.15) is 0 Å². The third-order valence-corrected chi connectivity index (χ3v) is 4.43. The van der Waals surface area contributed by atoms with Crippen LogP contribution in [0, 0.1) is 5.92 Å². The summed E-state index contributed by atoms with van der Waals surface area (Å²) in [5, 5.41) is 1.21. The Morgan fingerprint density at radius 2 is 2.05 bits per heavy atom. The number of benzene rings is 1. The van der Waals surface area contributed by atoms with Gasteiger partial charge in [-0.1, -0.05) is 36.2 Å². The van der Waals surface area contributed by atoms with Gasteiger partial charge in [0.05, 0.1) is 10.0 Å². The topological polar surface area (TPSA) is 29.3 Å². The van der Waals surface area contributed by atoms with Gasteiger partial charge >= 0.3 is 0 Å². The smallest absolute Gasteiger partial charge is 0.0595 e. The number of nitrogens with zero attached hydrogens (tertiary/aromatic N) is 1. The zero-order chi connectivity index (χ0) is 13.8. The second-order valence-electron chi connectivity index (χ2n) is 5.36. The SMILES string of the molecule is CCCN(CC1CC1)C(CN)c1ccc(Cl)c(Cl)c1. The maximum atomic E-state index is 6.12. The van der Waals surface area contributed by atoms with Gasteiger partial charge in [-0.15, -0.1) is 0 Å². The fourth-order valence-electron chi connectivity index (χ4n) is 2.51. The third kappa shape index (κ3) is 4.09. The summed E-state index contributed by atoms with van der Waals surface area (Å²) in [5.41, 5.74) is 7.17. The van der Waals surface area contributed by atoms with Crippen LogP contribution in [0.2, 0.25) is 10.0 Å². The molecule has 2 N–H and O–H groups in total. The summed E-state index contributed by atoms with van der Waals surface area (Å²) < 4.78 is 0. The maximum absolute atomic E-state index is 6.12. The molecule has 1 aromatic carbocycles. The average molecular weight is 301 g/mol. The fraction of sp³-hybridized carbons (Fsp3) is 0.600. The minimum atomic E-state index is 0.246. The van der Waals surface area contributed by atoms with Crippen LogP contribution in [-0.4, -0.2) is 24.5 Å². The highest BCUT2D eigenvalue weighted by molar-refractivity contribution is 6.42. The first kappa shape index (κ1) is 15.1. The highest BCUT2D eigenvalue weighted by Crippen LogP contribution is 2.34. The molecule has 0 spiro atoms. The van der Waals surface area contributed by atoms with Gasteiger partial charge in [0.2, 0.25) is 0 Å². The van der Waals surface area contributed by atoms with Crippen LogP contribution in [-0.2, 0) is 0 Å². The Kier molecular flexibility index (Phi) is 5.52. The van der Waals surface area contributed by atoms with E-state index in [4.69, 9.17) is 28.9 Å². The van der Waals surface area contributed by atoms with Gasteiger partial charge in [0.15, 0.2) is 0 Å². The molecule has 1 atom stereocenters. The van der Waals surface area contributed by atoms with Crippen LogP contribution in [0.3, 0.4) is 0 Å². The molecule has 106 valence electrons. The Balaban J connectivity index is 2.16.